The van der Waals surface area contributed by atoms with Gasteiger partial charge in [0.1, 0.15) is 11.6 Å². The van der Waals surface area contributed by atoms with Gasteiger partial charge < -0.3 is 20.0 Å². The maximum absolute atomic E-state index is 8.92. The zero-order valence-electron chi connectivity index (χ0n) is 7.51. The summed E-state index contributed by atoms with van der Waals surface area (Å²) in [4.78, 5) is 15.6. The molecular formula is C8H11N5O. The summed E-state index contributed by atoms with van der Waals surface area (Å²) in [6.07, 6.45) is 6.57. The lowest BCUT2D eigenvalue weighted by Gasteiger charge is -2.18. The van der Waals surface area contributed by atoms with E-state index >= 15 is 0 Å². The second kappa shape index (κ2) is 3.93. The van der Waals surface area contributed by atoms with Gasteiger partial charge >= 0.3 is 0 Å². The number of aliphatic hydroxyl groups excluding tert-OH is 1. The molecule has 0 amide bonds. The van der Waals surface area contributed by atoms with Crippen molar-refractivity contribution in [3.05, 3.63) is 25.0 Å². The summed E-state index contributed by atoms with van der Waals surface area (Å²) in [7, 11) is 0. The Morgan fingerprint density at radius 3 is 2.07 bits per heavy atom. The number of rotatable bonds is 4. The second-order valence-corrected chi connectivity index (χ2v) is 2.75. The van der Waals surface area contributed by atoms with Crippen LogP contribution in [0.1, 0.15) is 0 Å². The topological polar surface area (TPSA) is 80.8 Å². The van der Waals surface area contributed by atoms with E-state index in [4.69, 9.17) is 5.11 Å². The second-order valence-electron chi connectivity index (χ2n) is 2.75. The van der Waals surface area contributed by atoms with Crippen molar-refractivity contribution in [3.8, 4) is 0 Å². The largest absolute Gasteiger partial charge is 0.395 e. The minimum atomic E-state index is 0.0675. The van der Waals surface area contributed by atoms with E-state index in [1.54, 1.807) is 25.0 Å². The van der Waals surface area contributed by atoms with Crippen molar-refractivity contribution in [3.63, 3.8) is 0 Å². The average molecular weight is 193 g/mol. The Hall–Kier alpha value is -1.82. The summed E-state index contributed by atoms with van der Waals surface area (Å²) in [5.74, 6) is 1.65. The monoisotopic (exact) mass is 193 g/mol. The quantitative estimate of drug-likeness (QED) is 0.650. The van der Waals surface area contributed by atoms with E-state index in [0.29, 0.717) is 6.54 Å². The molecule has 2 aromatic rings. The maximum Gasteiger partial charge on any atom is 0.131 e. The molecule has 0 aromatic carbocycles. The third kappa shape index (κ3) is 1.60. The van der Waals surface area contributed by atoms with Crippen LogP contribution in [-0.2, 0) is 0 Å². The molecule has 6 heteroatoms. The van der Waals surface area contributed by atoms with Gasteiger partial charge in [-0.1, -0.05) is 0 Å². The standard InChI is InChI=1S/C8H11N5O/c14-2-1-13(7-3-9-5-11-7)8-4-10-6-12-8/h3-6,14H,1-2H2,(H,9,11)(H,10,12). The minimum Gasteiger partial charge on any atom is -0.395 e. The molecule has 14 heavy (non-hydrogen) atoms. The first kappa shape index (κ1) is 8.76. The molecule has 0 unspecified atom stereocenters. The Morgan fingerprint density at radius 1 is 1.14 bits per heavy atom. The molecule has 0 saturated heterocycles. The van der Waals surface area contributed by atoms with E-state index in [1.807, 2.05) is 4.90 Å². The van der Waals surface area contributed by atoms with Gasteiger partial charge in [0.2, 0.25) is 0 Å². The summed E-state index contributed by atoms with van der Waals surface area (Å²) >= 11 is 0. The molecule has 3 N–H and O–H groups in total. The van der Waals surface area contributed by atoms with Gasteiger partial charge in [-0.15, -0.1) is 0 Å². The smallest absolute Gasteiger partial charge is 0.131 e. The lowest BCUT2D eigenvalue weighted by molar-refractivity contribution is 0.305. The molecule has 2 aromatic heterocycles. The van der Waals surface area contributed by atoms with Gasteiger partial charge in [0.25, 0.3) is 0 Å². The summed E-state index contributed by atoms with van der Waals surface area (Å²) < 4.78 is 0. The van der Waals surface area contributed by atoms with Crippen LogP contribution in [-0.4, -0.2) is 38.2 Å². The first-order valence-corrected chi connectivity index (χ1v) is 4.27. The molecular weight excluding hydrogens is 182 g/mol. The fraction of sp³-hybridized carbons (Fsp3) is 0.250. The zero-order valence-corrected chi connectivity index (χ0v) is 7.51. The van der Waals surface area contributed by atoms with Crippen molar-refractivity contribution < 1.29 is 5.11 Å². The van der Waals surface area contributed by atoms with Crippen LogP contribution in [0.15, 0.2) is 25.0 Å². The molecule has 0 aliphatic heterocycles. The van der Waals surface area contributed by atoms with Crippen LogP contribution in [0.5, 0.6) is 0 Å². The highest BCUT2D eigenvalue weighted by Crippen LogP contribution is 2.18. The summed E-state index contributed by atoms with van der Waals surface area (Å²) in [6, 6.07) is 0. The van der Waals surface area contributed by atoms with Gasteiger partial charge in [-0.3, -0.25) is 0 Å². The molecule has 0 saturated carbocycles. The van der Waals surface area contributed by atoms with Crippen molar-refractivity contribution in [1.82, 2.24) is 19.9 Å². The molecule has 0 bridgehead atoms. The van der Waals surface area contributed by atoms with Crippen LogP contribution in [0.2, 0.25) is 0 Å². The summed E-state index contributed by atoms with van der Waals surface area (Å²) in [5.41, 5.74) is 0. The first-order chi connectivity index (χ1) is 6.92. The number of nitrogens with one attached hydrogen (secondary N) is 2. The van der Waals surface area contributed by atoms with Gasteiger partial charge in [-0.05, 0) is 0 Å². The van der Waals surface area contributed by atoms with E-state index in [1.165, 1.54) is 0 Å². The molecule has 0 radical (unpaired) electrons. The Morgan fingerprint density at radius 2 is 1.71 bits per heavy atom. The Bertz CT molecular complexity index is 321. The van der Waals surface area contributed by atoms with Crippen molar-refractivity contribution in [2.45, 2.75) is 0 Å². The van der Waals surface area contributed by atoms with Crippen LogP contribution < -0.4 is 4.90 Å². The number of anilines is 2. The third-order valence-electron chi connectivity index (χ3n) is 1.87. The highest BCUT2D eigenvalue weighted by Gasteiger charge is 2.10. The van der Waals surface area contributed by atoms with Gasteiger partial charge in [-0.2, -0.15) is 0 Å². The fourth-order valence-corrected chi connectivity index (χ4v) is 1.26. The molecule has 0 atom stereocenters. The van der Waals surface area contributed by atoms with Crippen molar-refractivity contribution in [2.75, 3.05) is 18.1 Å². The highest BCUT2D eigenvalue weighted by atomic mass is 16.3. The number of aliphatic hydroxyl groups is 1. The van der Waals surface area contributed by atoms with Crippen LogP contribution in [0.25, 0.3) is 0 Å². The van der Waals surface area contributed by atoms with Crippen LogP contribution in [0.4, 0.5) is 11.6 Å². The summed E-state index contributed by atoms with van der Waals surface area (Å²) in [5, 5.41) is 8.92. The molecule has 0 fully saturated rings. The normalized spacial score (nSPS) is 10.4. The molecule has 0 spiro atoms. The average Bonchev–Trinajstić information content (AvgIpc) is 2.87. The van der Waals surface area contributed by atoms with Crippen LogP contribution in [0, 0.1) is 0 Å². The molecule has 2 rings (SSSR count). The summed E-state index contributed by atoms with van der Waals surface area (Å²) in [6.45, 7) is 0.558. The zero-order chi connectivity index (χ0) is 9.80. The Balaban J connectivity index is 2.25. The van der Waals surface area contributed by atoms with E-state index in [2.05, 4.69) is 19.9 Å². The lowest BCUT2D eigenvalue weighted by atomic mass is 10.5. The van der Waals surface area contributed by atoms with Crippen molar-refractivity contribution >= 4 is 11.6 Å². The molecule has 6 nitrogen and oxygen atoms in total. The van der Waals surface area contributed by atoms with E-state index in [0.717, 1.165) is 11.6 Å². The highest BCUT2D eigenvalue weighted by molar-refractivity contribution is 5.53. The van der Waals surface area contributed by atoms with E-state index in [-0.39, 0.29) is 6.61 Å². The van der Waals surface area contributed by atoms with Crippen molar-refractivity contribution in [2.24, 2.45) is 0 Å². The van der Waals surface area contributed by atoms with Crippen LogP contribution in [0.3, 0.4) is 0 Å². The van der Waals surface area contributed by atoms with E-state index < -0.39 is 0 Å². The number of aromatic amines is 2. The van der Waals surface area contributed by atoms with Gasteiger partial charge in [0, 0.05) is 6.54 Å². The van der Waals surface area contributed by atoms with Crippen LogP contribution >= 0.6 is 0 Å². The minimum absolute atomic E-state index is 0.0675. The first-order valence-electron chi connectivity index (χ1n) is 4.27. The maximum atomic E-state index is 8.92. The van der Waals surface area contributed by atoms with Gasteiger partial charge in [0.15, 0.2) is 0 Å². The molecule has 0 aliphatic rings. The van der Waals surface area contributed by atoms with Gasteiger partial charge in [0.05, 0.1) is 31.7 Å². The third-order valence-corrected chi connectivity index (χ3v) is 1.87. The number of imidazole rings is 2. The number of hydrogen-bond donors (Lipinski definition) is 3. The molecule has 2 heterocycles. The number of nitrogens with zero attached hydrogens (tertiary/aromatic N) is 3. The Kier molecular flexibility index (Phi) is 2.46. The number of hydrogen-bond acceptors (Lipinski definition) is 4. The number of H-pyrrole nitrogens is 2. The molecule has 74 valence electrons. The van der Waals surface area contributed by atoms with Gasteiger partial charge in [-0.25, -0.2) is 9.97 Å². The fourth-order valence-electron chi connectivity index (χ4n) is 1.26. The van der Waals surface area contributed by atoms with Crippen molar-refractivity contribution in [1.29, 1.82) is 0 Å². The van der Waals surface area contributed by atoms with E-state index in [9.17, 15) is 0 Å². The SMILES string of the molecule is OCCN(c1cnc[nH]1)c1cnc[nH]1. The predicted octanol–water partition coefficient (Wildman–Crippen LogP) is 0.263. The Labute approximate surface area is 80.6 Å². The molecule has 0 aliphatic carbocycles. The lowest BCUT2D eigenvalue weighted by Crippen LogP contribution is -2.21. The number of aromatic nitrogens is 4. The predicted molar refractivity (Wildman–Crippen MR) is 51.3 cm³/mol.